The smallest absolute Gasteiger partial charge is 0.437 e. The Morgan fingerprint density at radius 3 is 2.31 bits per heavy atom. The van der Waals surface area contributed by atoms with Gasteiger partial charge in [-0.2, -0.15) is 0 Å². The van der Waals surface area contributed by atoms with Crippen LogP contribution in [0.2, 0.25) is 0 Å². The summed E-state index contributed by atoms with van der Waals surface area (Å²) >= 11 is 0. The summed E-state index contributed by atoms with van der Waals surface area (Å²) in [5.41, 5.74) is 0. The first-order chi connectivity index (χ1) is 6.24. The molecule has 1 rings (SSSR count). The normalized spacial score (nSPS) is 17.9. The Balaban J connectivity index is 2.33. The Morgan fingerprint density at radius 2 is 1.77 bits per heavy atom. The molecule has 13 heavy (non-hydrogen) atoms. The Hall–Kier alpha value is -1.06. The number of hydrogen-bond acceptors (Lipinski definition) is 4. The largest absolute Gasteiger partial charge is 0.515 e. The number of ether oxygens (including phenoxy) is 2. The predicted octanol–water partition coefficient (Wildman–Crippen LogP) is 1.88. The van der Waals surface area contributed by atoms with Gasteiger partial charge in [-0.25, -0.2) is 4.79 Å². The van der Waals surface area contributed by atoms with E-state index < -0.39 is 12.1 Å². The number of hydrogen-bond donors (Lipinski definition) is 0. The summed E-state index contributed by atoms with van der Waals surface area (Å²) in [5.74, 6) is -0.542. The number of esters is 1. The Bertz CT molecular complexity index is 194. The van der Waals surface area contributed by atoms with Gasteiger partial charge in [0, 0.05) is 0 Å². The van der Waals surface area contributed by atoms with Gasteiger partial charge in [0.05, 0.1) is 13.0 Å². The maximum Gasteiger partial charge on any atom is 0.515 e. The van der Waals surface area contributed by atoms with Crippen molar-refractivity contribution in [2.45, 2.75) is 32.1 Å². The molecule has 0 N–H and O–H groups in total. The molecule has 0 unspecified atom stereocenters. The quantitative estimate of drug-likeness (QED) is 0.463. The number of methoxy groups -OCH3 is 1. The zero-order valence-corrected chi connectivity index (χ0v) is 7.75. The lowest BCUT2D eigenvalue weighted by molar-refractivity contribution is -0.145. The summed E-state index contributed by atoms with van der Waals surface area (Å²) in [4.78, 5) is 21.8. The van der Waals surface area contributed by atoms with E-state index in [9.17, 15) is 9.59 Å². The molecule has 4 nitrogen and oxygen atoms in total. The Labute approximate surface area is 77.2 Å². The monoisotopic (exact) mass is 186 g/mol. The highest BCUT2D eigenvalue weighted by atomic mass is 16.7. The van der Waals surface area contributed by atoms with E-state index in [1.165, 1.54) is 13.5 Å². The lowest BCUT2D eigenvalue weighted by Crippen LogP contribution is -2.23. The molecular weight excluding hydrogens is 172 g/mol. The average molecular weight is 186 g/mol. The summed E-state index contributed by atoms with van der Waals surface area (Å²) in [6.07, 6.45) is 4.01. The molecule has 0 aromatic heterocycles. The molecule has 0 spiro atoms. The van der Waals surface area contributed by atoms with Crippen molar-refractivity contribution in [3.05, 3.63) is 0 Å². The third-order valence-electron chi connectivity index (χ3n) is 2.29. The molecule has 0 aromatic carbocycles. The van der Waals surface area contributed by atoms with E-state index in [1.54, 1.807) is 0 Å². The highest BCUT2D eigenvalue weighted by Crippen LogP contribution is 2.24. The van der Waals surface area contributed by atoms with E-state index in [0.29, 0.717) is 0 Å². The SMILES string of the molecule is COC(=O)OC(=O)C1CCCCC1. The molecule has 0 saturated heterocycles. The second-order valence-electron chi connectivity index (χ2n) is 3.21. The topological polar surface area (TPSA) is 52.6 Å². The van der Waals surface area contributed by atoms with Crippen molar-refractivity contribution >= 4 is 12.1 Å². The van der Waals surface area contributed by atoms with Crippen LogP contribution in [0.4, 0.5) is 4.79 Å². The summed E-state index contributed by atoms with van der Waals surface area (Å²) in [5, 5.41) is 0. The van der Waals surface area contributed by atoms with Crippen LogP contribution in [-0.2, 0) is 14.3 Å². The minimum absolute atomic E-state index is 0.104. The minimum atomic E-state index is -0.907. The molecule has 1 aliphatic carbocycles. The zero-order chi connectivity index (χ0) is 9.68. The molecule has 0 aromatic rings. The van der Waals surface area contributed by atoms with Crippen LogP contribution in [0.5, 0.6) is 0 Å². The second kappa shape index (κ2) is 4.84. The van der Waals surface area contributed by atoms with Gasteiger partial charge in [-0.1, -0.05) is 19.3 Å². The lowest BCUT2D eigenvalue weighted by Gasteiger charge is -2.18. The van der Waals surface area contributed by atoms with Gasteiger partial charge in [0.1, 0.15) is 0 Å². The van der Waals surface area contributed by atoms with Gasteiger partial charge in [0.25, 0.3) is 0 Å². The van der Waals surface area contributed by atoms with E-state index in [0.717, 1.165) is 25.7 Å². The highest BCUT2D eigenvalue weighted by molar-refractivity contribution is 5.83. The maximum atomic E-state index is 11.2. The fourth-order valence-electron chi connectivity index (χ4n) is 1.55. The van der Waals surface area contributed by atoms with E-state index in [2.05, 4.69) is 9.47 Å². The molecule has 0 aliphatic heterocycles. The van der Waals surface area contributed by atoms with Crippen LogP contribution in [0.3, 0.4) is 0 Å². The van der Waals surface area contributed by atoms with Crippen molar-refractivity contribution in [1.82, 2.24) is 0 Å². The van der Waals surface area contributed by atoms with E-state index in [-0.39, 0.29) is 5.92 Å². The van der Waals surface area contributed by atoms with Crippen molar-refractivity contribution in [3.63, 3.8) is 0 Å². The van der Waals surface area contributed by atoms with Gasteiger partial charge in [0.2, 0.25) is 0 Å². The summed E-state index contributed by atoms with van der Waals surface area (Å²) in [6, 6.07) is 0. The van der Waals surface area contributed by atoms with Crippen LogP contribution in [0.25, 0.3) is 0 Å². The number of carbonyl (C=O) groups is 2. The molecular formula is C9H14O4. The number of rotatable bonds is 1. The molecule has 74 valence electrons. The molecule has 4 heteroatoms. The summed E-state index contributed by atoms with van der Waals surface area (Å²) in [7, 11) is 1.19. The van der Waals surface area contributed by atoms with Crippen molar-refractivity contribution in [2.24, 2.45) is 5.92 Å². The van der Waals surface area contributed by atoms with Crippen LogP contribution in [0.15, 0.2) is 0 Å². The first-order valence-corrected chi connectivity index (χ1v) is 4.53. The molecule has 0 bridgehead atoms. The lowest BCUT2D eigenvalue weighted by atomic mass is 9.89. The molecule has 0 amide bonds. The third kappa shape index (κ3) is 3.05. The minimum Gasteiger partial charge on any atom is -0.437 e. The molecule has 0 atom stereocenters. The molecule has 1 saturated carbocycles. The van der Waals surface area contributed by atoms with E-state index >= 15 is 0 Å². The van der Waals surface area contributed by atoms with Crippen LogP contribution in [-0.4, -0.2) is 19.2 Å². The zero-order valence-electron chi connectivity index (χ0n) is 7.75. The van der Waals surface area contributed by atoms with Crippen molar-refractivity contribution in [2.75, 3.05) is 7.11 Å². The maximum absolute atomic E-state index is 11.2. The predicted molar refractivity (Wildman–Crippen MR) is 45.1 cm³/mol. The van der Waals surface area contributed by atoms with E-state index in [4.69, 9.17) is 0 Å². The van der Waals surface area contributed by atoms with Gasteiger partial charge in [0.15, 0.2) is 0 Å². The average Bonchev–Trinajstić information content (AvgIpc) is 2.19. The fraction of sp³-hybridized carbons (Fsp3) is 0.778. The van der Waals surface area contributed by atoms with E-state index in [1.807, 2.05) is 0 Å². The van der Waals surface area contributed by atoms with Crippen LogP contribution in [0, 0.1) is 5.92 Å². The first-order valence-electron chi connectivity index (χ1n) is 4.53. The fourth-order valence-corrected chi connectivity index (χ4v) is 1.55. The third-order valence-corrected chi connectivity index (χ3v) is 2.29. The van der Waals surface area contributed by atoms with Crippen LogP contribution < -0.4 is 0 Å². The molecule has 0 radical (unpaired) electrons. The highest BCUT2D eigenvalue weighted by Gasteiger charge is 2.24. The Kier molecular flexibility index (Phi) is 3.73. The van der Waals surface area contributed by atoms with Gasteiger partial charge < -0.3 is 9.47 Å². The summed E-state index contributed by atoms with van der Waals surface area (Å²) < 4.78 is 8.67. The molecule has 1 fully saturated rings. The molecule has 0 heterocycles. The van der Waals surface area contributed by atoms with Crippen molar-refractivity contribution < 1.29 is 19.1 Å². The van der Waals surface area contributed by atoms with Gasteiger partial charge in [-0.3, -0.25) is 4.79 Å². The van der Waals surface area contributed by atoms with Gasteiger partial charge in [-0.05, 0) is 12.8 Å². The van der Waals surface area contributed by atoms with Gasteiger partial charge in [-0.15, -0.1) is 0 Å². The van der Waals surface area contributed by atoms with Crippen LogP contribution in [0.1, 0.15) is 32.1 Å². The van der Waals surface area contributed by atoms with Crippen LogP contribution >= 0.6 is 0 Å². The Morgan fingerprint density at radius 1 is 1.15 bits per heavy atom. The van der Waals surface area contributed by atoms with Crippen molar-refractivity contribution in [3.8, 4) is 0 Å². The molecule has 1 aliphatic rings. The second-order valence-corrected chi connectivity index (χ2v) is 3.21. The standard InChI is InChI=1S/C9H14O4/c1-12-9(11)13-8(10)7-5-3-2-4-6-7/h7H,2-6H2,1H3. The van der Waals surface area contributed by atoms with Crippen molar-refractivity contribution in [1.29, 1.82) is 0 Å². The first kappa shape index (κ1) is 10.0. The number of carbonyl (C=O) groups excluding carboxylic acids is 2. The summed E-state index contributed by atoms with van der Waals surface area (Å²) in [6.45, 7) is 0. The van der Waals surface area contributed by atoms with Gasteiger partial charge >= 0.3 is 12.1 Å².